The first-order chi connectivity index (χ1) is 9.78. The lowest BCUT2D eigenvalue weighted by molar-refractivity contribution is -0.154. The van der Waals surface area contributed by atoms with Crippen LogP contribution < -0.4 is 0 Å². The maximum Gasteiger partial charge on any atom is 0.316 e. The van der Waals surface area contributed by atoms with Gasteiger partial charge in [0.15, 0.2) is 0 Å². The van der Waals surface area contributed by atoms with Crippen molar-refractivity contribution in [1.29, 1.82) is 0 Å². The molecule has 0 amide bonds. The lowest BCUT2D eigenvalue weighted by Gasteiger charge is -2.21. The molecule has 2 fully saturated rings. The summed E-state index contributed by atoms with van der Waals surface area (Å²) >= 11 is 0. The van der Waals surface area contributed by atoms with Gasteiger partial charge in [0.05, 0.1) is 18.1 Å². The molecule has 112 valence electrons. The minimum atomic E-state index is -0.285. The van der Waals surface area contributed by atoms with Crippen molar-refractivity contribution in [1.82, 2.24) is 0 Å². The number of hydrogen-bond donors (Lipinski definition) is 0. The fraction of sp³-hybridized carbons (Fsp3) is 0.824. The van der Waals surface area contributed by atoms with E-state index in [2.05, 4.69) is 12.2 Å². The normalized spacial score (nSPS) is 33.3. The highest BCUT2D eigenvalue weighted by atomic mass is 16.6. The SMILES string of the molecule is O=C(OCCOC1CCCCCC1)C12C=CC(CC1)C2. The summed E-state index contributed by atoms with van der Waals surface area (Å²) < 4.78 is 11.3. The van der Waals surface area contributed by atoms with Gasteiger partial charge in [0.25, 0.3) is 0 Å². The molecule has 2 unspecified atom stereocenters. The molecule has 0 aromatic carbocycles. The fourth-order valence-electron chi connectivity index (χ4n) is 3.91. The fourth-order valence-corrected chi connectivity index (χ4v) is 3.91. The third kappa shape index (κ3) is 3.08. The molecule has 0 saturated heterocycles. The predicted molar refractivity (Wildman–Crippen MR) is 77.3 cm³/mol. The zero-order valence-electron chi connectivity index (χ0n) is 12.3. The maximum absolute atomic E-state index is 12.2. The van der Waals surface area contributed by atoms with Crippen molar-refractivity contribution in [2.75, 3.05) is 13.2 Å². The van der Waals surface area contributed by atoms with Crippen molar-refractivity contribution in [3.8, 4) is 0 Å². The van der Waals surface area contributed by atoms with Gasteiger partial charge in [0, 0.05) is 0 Å². The molecule has 0 spiro atoms. The van der Waals surface area contributed by atoms with Gasteiger partial charge in [0.2, 0.25) is 0 Å². The first kappa shape index (κ1) is 14.1. The molecular formula is C17H26O3. The zero-order valence-corrected chi connectivity index (χ0v) is 12.3. The van der Waals surface area contributed by atoms with Crippen LogP contribution >= 0.6 is 0 Å². The van der Waals surface area contributed by atoms with Crippen LogP contribution in [0.4, 0.5) is 0 Å². The van der Waals surface area contributed by atoms with Gasteiger partial charge in [-0.05, 0) is 38.0 Å². The summed E-state index contributed by atoms with van der Waals surface area (Å²) in [7, 11) is 0. The van der Waals surface area contributed by atoms with Crippen molar-refractivity contribution in [2.45, 2.75) is 63.9 Å². The van der Waals surface area contributed by atoms with E-state index in [-0.39, 0.29) is 11.4 Å². The van der Waals surface area contributed by atoms with Crippen molar-refractivity contribution < 1.29 is 14.3 Å². The standard InChI is InChI=1S/C17H26O3/c18-16(17-9-7-14(13-17)8-10-17)20-12-11-19-15-5-3-1-2-4-6-15/h7,9,14-15H,1-6,8,10-13H2. The van der Waals surface area contributed by atoms with Crippen molar-refractivity contribution >= 4 is 5.97 Å². The monoisotopic (exact) mass is 278 g/mol. The molecule has 0 radical (unpaired) electrons. The molecule has 0 aromatic rings. The average Bonchev–Trinajstić information content (AvgIpc) is 2.98. The summed E-state index contributed by atoms with van der Waals surface area (Å²) in [6.45, 7) is 0.967. The summed E-state index contributed by atoms with van der Waals surface area (Å²) in [5, 5.41) is 0. The van der Waals surface area contributed by atoms with Gasteiger partial charge in [-0.1, -0.05) is 37.8 Å². The Morgan fingerprint density at radius 3 is 2.50 bits per heavy atom. The molecular weight excluding hydrogens is 252 g/mol. The Hall–Kier alpha value is -0.830. The summed E-state index contributed by atoms with van der Waals surface area (Å²) in [5.74, 6) is 0.586. The molecule has 2 saturated carbocycles. The van der Waals surface area contributed by atoms with Crippen LogP contribution in [-0.4, -0.2) is 25.3 Å². The summed E-state index contributed by atoms with van der Waals surface area (Å²) in [6.07, 6.45) is 15.3. The smallest absolute Gasteiger partial charge is 0.316 e. The van der Waals surface area contributed by atoms with E-state index >= 15 is 0 Å². The summed E-state index contributed by atoms with van der Waals surface area (Å²) in [6, 6.07) is 0. The Kier molecular flexibility index (Phi) is 4.45. The number of carbonyl (C=O) groups is 1. The number of ether oxygens (including phenoxy) is 2. The Morgan fingerprint density at radius 2 is 1.90 bits per heavy atom. The molecule has 0 aliphatic heterocycles. The van der Waals surface area contributed by atoms with Crippen LogP contribution in [0.3, 0.4) is 0 Å². The van der Waals surface area contributed by atoms with E-state index < -0.39 is 0 Å². The van der Waals surface area contributed by atoms with Crippen LogP contribution in [0.5, 0.6) is 0 Å². The number of carbonyl (C=O) groups excluding carboxylic acids is 1. The van der Waals surface area contributed by atoms with E-state index in [1.54, 1.807) is 0 Å². The van der Waals surface area contributed by atoms with Gasteiger partial charge in [-0.2, -0.15) is 0 Å². The lowest BCUT2D eigenvalue weighted by atomic mass is 9.88. The molecule has 3 nitrogen and oxygen atoms in total. The second kappa shape index (κ2) is 6.30. The number of esters is 1. The minimum Gasteiger partial charge on any atom is -0.463 e. The van der Waals surface area contributed by atoms with Crippen LogP contribution in [0, 0.1) is 11.3 Å². The molecule has 3 heteroatoms. The largest absolute Gasteiger partial charge is 0.463 e. The van der Waals surface area contributed by atoms with Crippen LogP contribution in [0.1, 0.15) is 57.8 Å². The van der Waals surface area contributed by atoms with Crippen LogP contribution in [-0.2, 0) is 14.3 Å². The third-order valence-electron chi connectivity index (χ3n) is 5.15. The van der Waals surface area contributed by atoms with E-state index in [0.29, 0.717) is 25.2 Å². The van der Waals surface area contributed by atoms with E-state index in [4.69, 9.17) is 9.47 Å². The number of allylic oxidation sites excluding steroid dienone is 1. The molecule has 2 atom stereocenters. The van der Waals surface area contributed by atoms with E-state index in [9.17, 15) is 4.79 Å². The van der Waals surface area contributed by atoms with Gasteiger partial charge in [-0.3, -0.25) is 4.79 Å². The van der Waals surface area contributed by atoms with Gasteiger partial charge in [0.1, 0.15) is 6.61 Å². The van der Waals surface area contributed by atoms with Crippen LogP contribution in [0.25, 0.3) is 0 Å². The second-order valence-corrected chi connectivity index (χ2v) is 6.64. The molecule has 3 aliphatic carbocycles. The number of fused-ring (bicyclic) bond motifs is 2. The predicted octanol–water partition coefficient (Wildman–Crippen LogP) is 3.63. The summed E-state index contributed by atoms with van der Waals surface area (Å²) in [4.78, 5) is 12.2. The maximum atomic E-state index is 12.2. The van der Waals surface area contributed by atoms with Crippen molar-refractivity contribution in [2.24, 2.45) is 11.3 Å². The van der Waals surface area contributed by atoms with Crippen LogP contribution in [0.2, 0.25) is 0 Å². The van der Waals surface area contributed by atoms with Gasteiger partial charge >= 0.3 is 5.97 Å². The van der Waals surface area contributed by atoms with Gasteiger partial charge < -0.3 is 9.47 Å². The van der Waals surface area contributed by atoms with E-state index in [1.165, 1.54) is 38.5 Å². The molecule has 3 aliphatic rings. The molecule has 3 rings (SSSR count). The summed E-state index contributed by atoms with van der Waals surface area (Å²) in [5.41, 5.74) is -0.285. The molecule has 2 bridgehead atoms. The Balaban J connectivity index is 1.35. The van der Waals surface area contributed by atoms with Crippen molar-refractivity contribution in [3.05, 3.63) is 12.2 Å². The highest BCUT2D eigenvalue weighted by Crippen LogP contribution is 2.49. The zero-order chi connectivity index (χ0) is 13.8. The van der Waals surface area contributed by atoms with E-state index in [0.717, 1.165) is 19.3 Å². The molecule has 0 heterocycles. The minimum absolute atomic E-state index is 0.0294. The topological polar surface area (TPSA) is 35.5 Å². The Bertz CT molecular complexity index is 368. The number of hydrogen-bond acceptors (Lipinski definition) is 3. The quantitative estimate of drug-likeness (QED) is 0.333. The second-order valence-electron chi connectivity index (χ2n) is 6.64. The van der Waals surface area contributed by atoms with E-state index in [1.807, 2.05) is 0 Å². The lowest BCUT2D eigenvalue weighted by Crippen LogP contribution is -2.28. The molecule has 0 N–H and O–H groups in total. The van der Waals surface area contributed by atoms with Crippen molar-refractivity contribution in [3.63, 3.8) is 0 Å². The molecule has 20 heavy (non-hydrogen) atoms. The third-order valence-corrected chi connectivity index (χ3v) is 5.15. The average molecular weight is 278 g/mol. The Labute approximate surface area is 121 Å². The highest BCUT2D eigenvalue weighted by molar-refractivity contribution is 5.80. The Morgan fingerprint density at radius 1 is 1.10 bits per heavy atom. The number of rotatable bonds is 5. The molecule has 0 aromatic heterocycles. The van der Waals surface area contributed by atoms with Crippen LogP contribution in [0.15, 0.2) is 12.2 Å². The first-order valence-electron chi connectivity index (χ1n) is 8.27. The van der Waals surface area contributed by atoms with Gasteiger partial charge in [-0.15, -0.1) is 0 Å². The first-order valence-corrected chi connectivity index (χ1v) is 8.27. The highest BCUT2D eigenvalue weighted by Gasteiger charge is 2.47. The van der Waals surface area contributed by atoms with Gasteiger partial charge in [-0.25, -0.2) is 0 Å².